The lowest BCUT2D eigenvalue weighted by Gasteiger charge is -2.04. The lowest BCUT2D eigenvalue weighted by atomic mass is 10.4. The molecule has 0 aromatic carbocycles. The molecule has 1 aromatic heterocycles. The zero-order chi connectivity index (χ0) is 10.7. The van der Waals surface area contributed by atoms with Crippen LogP contribution < -0.4 is 16.7 Å². The highest BCUT2D eigenvalue weighted by Crippen LogP contribution is 1.83. The van der Waals surface area contributed by atoms with Crippen molar-refractivity contribution >= 4 is 6.21 Å². The van der Waals surface area contributed by atoms with Crippen LogP contribution in [0.4, 0.5) is 0 Å². The molecule has 76 valence electrons. The van der Waals surface area contributed by atoms with Crippen LogP contribution in [0.3, 0.4) is 0 Å². The Balaban J connectivity index is 3.41. The van der Waals surface area contributed by atoms with E-state index in [1.165, 1.54) is 23.9 Å². The first-order valence-corrected chi connectivity index (χ1v) is 4.04. The molecule has 1 rings (SSSR count). The van der Waals surface area contributed by atoms with Crippen LogP contribution >= 0.6 is 0 Å². The van der Waals surface area contributed by atoms with E-state index < -0.39 is 0 Å². The van der Waals surface area contributed by atoms with Gasteiger partial charge >= 0.3 is 5.69 Å². The van der Waals surface area contributed by atoms with Crippen molar-refractivity contribution in [3.63, 3.8) is 0 Å². The molecular weight excluding hydrogens is 184 g/mol. The Morgan fingerprint density at radius 1 is 1.36 bits per heavy atom. The number of hydrogen-bond acceptors (Lipinski definition) is 4. The molecule has 0 saturated heterocycles. The Kier molecular flexibility index (Phi) is 2.85. The van der Waals surface area contributed by atoms with Crippen molar-refractivity contribution in [2.24, 2.45) is 19.2 Å². The first kappa shape index (κ1) is 10.2. The smallest absolute Gasteiger partial charge is 0.313 e. The summed E-state index contributed by atoms with van der Waals surface area (Å²) in [5.41, 5.74) is 2.30. The molecule has 1 heterocycles. The zero-order valence-electron chi connectivity index (χ0n) is 8.31. The van der Waals surface area contributed by atoms with Gasteiger partial charge in [0.1, 0.15) is 0 Å². The van der Waals surface area contributed by atoms with Crippen molar-refractivity contribution < 1.29 is 0 Å². The van der Waals surface area contributed by atoms with Gasteiger partial charge in [-0.05, 0) is 0 Å². The molecule has 6 nitrogen and oxygen atoms in total. The molecule has 0 saturated carbocycles. The summed E-state index contributed by atoms with van der Waals surface area (Å²) in [6.45, 7) is 0. The monoisotopic (exact) mass is 196 g/mol. The highest BCUT2D eigenvalue weighted by atomic mass is 16.2. The third-order valence-corrected chi connectivity index (χ3v) is 1.89. The van der Waals surface area contributed by atoms with E-state index in [2.05, 4.69) is 10.5 Å². The summed E-state index contributed by atoms with van der Waals surface area (Å²) < 4.78 is 2.39. The molecule has 0 radical (unpaired) electrons. The Morgan fingerprint density at radius 3 is 2.57 bits per heavy atom. The van der Waals surface area contributed by atoms with E-state index >= 15 is 0 Å². The molecule has 0 aliphatic rings. The summed E-state index contributed by atoms with van der Waals surface area (Å²) in [5.74, 6) is 0. The van der Waals surface area contributed by atoms with Gasteiger partial charge in [-0.1, -0.05) is 0 Å². The van der Waals surface area contributed by atoms with Crippen molar-refractivity contribution in [2.75, 3.05) is 7.05 Å². The summed E-state index contributed by atoms with van der Waals surface area (Å²) in [4.78, 5) is 22.7. The Hall–Kier alpha value is -1.85. The minimum absolute atomic E-state index is 0.342. The van der Waals surface area contributed by atoms with Crippen LogP contribution in [0.2, 0.25) is 0 Å². The van der Waals surface area contributed by atoms with Crippen LogP contribution in [0, 0.1) is 0 Å². The molecule has 0 spiro atoms. The van der Waals surface area contributed by atoms with E-state index in [4.69, 9.17) is 0 Å². The minimum Gasteiger partial charge on any atom is -0.313 e. The second-order valence-corrected chi connectivity index (χ2v) is 2.79. The maximum atomic E-state index is 11.4. The number of aromatic nitrogens is 2. The largest absolute Gasteiger partial charge is 0.330 e. The fourth-order valence-electron chi connectivity index (χ4n) is 1.00. The van der Waals surface area contributed by atoms with Crippen LogP contribution in [0.5, 0.6) is 0 Å². The maximum Gasteiger partial charge on any atom is 0.330 e. The lowest BCUT2D eigenvalue weighted by molar-refractivity contribution is 0.681. The van der Waals surface area contributed by atoms with E-state index in [1.807, 2.05) is 0 Å². The molecule has 0 aliphatic carbocycles. The highest BCUT2D eigenvalue weighted by molar-refractivity contribution is 5.76. The minimum atomic E-state index is -0.366. The van der Waals surface area contributed by atoms with E-state index in [-0.39, 0.29) is 11.2 Å². The van der Waals surface area contributed by atoms with Crippen LogP contribution in [0.25, 0.3) is 0 Å². The molecule has 6 heteroatoms. The third-order valence-electron chi connectivity index (χ3n) is 1.89. The SMILES string of the molecule is CN/N=C/c1cc(=O)n(C)c(=O)n1C. The maximum absolute atomic E-state index is 11.4. The Morgan fingerprint density at radius 2 is 2.00 bits per heavy atom. The van der Waals surface area contributed by atoms with Crippen molar-refractivity contribution in [1.82, 2.24) is 14.6 Å². The average molecular weight is 196 g/mol. The van der Waals surface area contributed by atoms with Crippen LogP contribution in [0.15, 0.2) is 20.8 Å². The first-order valence-electron chi connectivity index (χ1n) is 4.04. The molecule has 1 aromatic rings. The molecule has 0 fully saturated rings. The van der Waals surface area contributed by atoms with E-state index in [0.29, 0.717) is 5.69 Å². The van der Waals surface area contributed by atoms with Crippen molar-refractivity contribution in [3.05, 3.63) is 32.6 Å². The van der Waals surface area contributed by atoms with Crippen LogP contribution in [-0.2, 0) is 14.1 Å². The standard InChI is InChI=1S/C8H12N4O2/c1-9-10-5-6-4-7(13)12(3)8(14)11(6)2/h4-5,9H,1-3H3/b10-5+. The quantitative estimate of drug-likeness (QED) is 0.469. The Bertz CT molecular complexity index is 469. The average Bonchev–Trinajstić information content (AvgIpc) is 2.18. The molecular formula is C8H12N4O2. The molecule has 0 amide bonds. The second-order valence-electron chi connectivity index (χ2n) is 2.79. The number of nitrogens with zero attached hydrogens (tertiary/aromatic N) is 3. The van der Waals surface area contributed by atoms with Crippen LogP contribution in [-0.4, -0.2) is 22.4 Å². The Labute approximate surface area is 80.5 Å². The van der Waals surface area contributed by atoms with Gasteiger partial charge < -0.3 is 5.43 Å². The van der Waals surface area contributed by atoms with Gasteiger partial charge in [0.05, 0.1) is 11.9 Å². The van der Waals surface area contributed by atoms with Gasteiger partial charge in [-0.25, -0.2) is 4.79 Å². The van der Waals surface area contributed by atoms with E-state index in [1.54, 1.807) is 14.1 Å². The van der Waals surface area contributed by atoms with Gasteiger partial charge in [-0.2, -0.15) is 5.10 Å². The predicted octanol–water partition coefficient (Wildman–Crippen LogP) is -1.36. The van der Waals surface area contributed by atoms with Gasteiger partial charge in [-0.15, -0.1) is 0 Å². The number of hydrazone groups is 1. The van der Waals surface area contributed by atoms with Gasteiger partial charge in [0.25, 0.3) is 5.56 Å². The topological polar surface area (TPSA) is 68.4 Å². The summed E-state index contributed by atoms with van der Waals surface area (Å²) in [7, 11) is 4.65. The van der Waals surface area contributed by atoms with Gasteiger partial charge in [0.15, 0.2) is 0 Å². The van der Waals surface area contributed by atoms with Crippen molar-refractivity contribution in [1.29, 1.82) is 0 Å². The summed E-state index contributed by atoms with van der Waals surface area (Å²) in [5, 5.41) is 3.73. The van der Waals surface area contributed by atoms with Crippen LogP contribution in [0.1, 0.15) is 5.69 Å². The highest BCUT2D eigenvalue weighted by Gasteiger charge is 2.02. The van der Waals surface area contributed by atoms with Gasteiger partial charge in [0.2, 0.25) is 0 Å². The molecule has 0 atom stereocenters. The summed E-state index contributed by atoms with van der Waals surface area (Å²) >= 11 is 0. The fraction of sp³-hybridized carbons (Fsp3) is 0.375. The second kappa shape index (κ2) is 3.91. The summed E-state index contributed by atoms with van der Waals surface area (Å²) in [6, 6.07) is 1.35. The number of rotatable bonds is 2. The fourth-order valence-corrected chi connectivity index (χ4v) is 1.00. The first-order chi connectivity index (χ1) is 6.57. The molecule has 14 heavy (non-hydrogen) atoms. The molecule has 0 bridgehead atoms. The predicted molar refractivity (Wildman–Crippen MR) is 53.6 cm³/mol. The van der Waals surface area contributed by atoms with E-state index in [9.17, 15) is 9.59 Å². The zero-order valence-corrected chi connectivity index (χ0v) is 8.31. The third kappa shape index (κ3) is 1.73. The van der Waals surface area contributed by atoms with Crippen molar-refractivity contribution in [2.45, 2.75) is 0 Å². The molecule has 0 aliphatic heterocycles. The molecule has 0 unspecified atom stereocenters. The summed E-state index contributed by atoms with van der Waals surface area (Å²) in [6.07, 6.45) is 1.42. The number of nitrogens with one attached hydrogen (secondary N) is 1. The van der Waals surface area contributed by atoms with Gasteiger partial charge in [0, 0.05) is 27.2 Å². The number of hydrogen-bond donors (Lipinski definition) is 1. The van der Waals surface area contributed by atoms with E-state index in [0.717, 1.165) is 4.57 Å². The van der Waals surface area contributed by atoms with Crippen molar-refractivity contribution in [3.8, 4) is 0 Å². The lowest BCUT2D eigenvalue weighted by Crippen LogP contribution is -2.38. The molecule has 1 N–H and O–H groups in total. The normalized spacial score (nSPS) is 10.8. The van der Waals surface area contributed by atoms with Gasteiger partial charge in [-0.3, -0.25) is 13.9 Å².